The lowest BCUT2D eigenvalue weighted by atomic mass is 10.1. The van der Waals surface area contributed by atoms with Crippen molar-refractivity contribution in [2.24, 2.45) is 0 Å². The van der Waals surface area contributed by atoms with Gasteiger partial charge in [0.2, 0.25) is 5.91 Å². The largest absolute Gasteiger partial charge is 0.508 e. The second-order valence-electron chi connectivity index (χ2n) is 4.60. The zero-order valence-corrected chi connectivity index (χ0v) is 11.9. The van der Waals surface area contributed by atoms with Crippen LogP contribution in [0.15, 0.2) is 18.2 Å². The Hall–Kier alpha value is -1.66. The normalized spacial score (nSPS) is 13.8. The Bertz CT molecular complexity index is 454. The molecule has 5 nitrogen and oxygen atoms in total. The summed E-state index contributed by atoms with van der Waals surface area (Å²) in [7, 11) is 1.56. The number of halogens is 1. The van der Waals surface area contributed by atoms with E-state index in [2.05, 4.69) is 10.6 Å². The van der Waals surface area contributed by atoms with Crippen LogP contribution in [0.3, 0.4) is 0 Å². The van der Waals surface area contributed by atoms with Gasteiger partial charge in [-0.15, -0.1) is 0 Å². The van der Waals surface area contributed by atoms with Gasteiger partial charge in [-0.2, -0.15) is 0 Å². The molecule has 0 saturated heterocycles. The first-order chi connectivity index (χ1) is 9.45. The molecule has 0 heterocycles. The maximum Gasteiger partial charge on any atom is 0.236 e. The molecule has 1 aromatic rings. The van der Waals surface area contributed by atoms with Crippen LogP contribution in [0, 0.1) is 5.82 Å². The molecule has 3 N–H and O–H groups in total. The zero-order valence-electron chi connectivity index (χ0n) is 11.9. The van der Waals surface area contributed by atoms with Gasteiger partial charge in [-0.1, -0.05) is 6.07 Å². The van der Waals surface area contributed by atoms with Crippen LogP contribution in [0.5, 0.6) is 5.75 Å². The van der Waals surface area contributed by atoms with E-state index in [0.717, 1.165) is 6.07 Å². The van der Waals surface area contributed by atoms with E-state index >= 15 is 0 Å². The van der Waals surface area contributed by atoms with E-state index in [9.17, 15) is 14.3 Å². The average Bonchev–Trinajstić information content (AvgIpc) is 2.38. The van der Waals surface area contributed by atoms with Gasteiger partial charge in [-0.25, -0.2) is 4.39 Å². The lowest BCUT2D eigenvalue weighted by Gasteiger charge is -2.20. The van der Waals surface area contributed by atoms with Crippen molar-refractivity contribution in [3.8, 4) is 5.75 Å². The summed E-state index contributed by atoms with van der Waals surface area (Å²) in [4.78, 5) is 11.8. The summed E-state index contributed by atoms with van der Waals surface area (Å²) >= 11 is 0. The van der Waals surface area contributed by atoms with Crippen molar-refractivity contribution in [1.82, 2.24) is 10.6 Å². The van der Waals surface area contributed by atoms with Crippen LogP contribution in [-0.2, 0) is 9.53 Å². The molecule has 20 heavy (non-hydrogen) atoms. The quantitative estimate of drug-likeness (QED) is 0.661. The van der Waals surface area contributed by atoms with Crippen LogP contribution < -0.4 is 10.6 Å². The van der Waals surface area contributed by atoms with E-state index in [1.165, 1.54) is 12.1 Å². The van der Waals surface area contributed by atoms with Crippen LogP contribution in [0.1, 0.15) is 25.5 Å². The monoisotopic (exact) mass is 284 g/mol. The number of hydrogen-bond donors (Lipinski definition) is 3. The number of carbonyl (C=O) groups is 1. The van der Waals surface area contributed by atoms with Crippen molar-refractivity contribution in [1.29, 1.82) is 0 Å². The van der Waals surface area contributed by atoms with Gasteiger partial charge in [0.1, 0.15) is 11.6 Å². The number of carbonyl (C=O) groups excluding carboxylic acids is 1. The molecule has 0 fully saturated rings. The Balaban J connectivity index is 2.56. The molecule has 6 heteroatoms. The van der Waals surface area contributed by atoms with Crippen molar-refractivity contribution in [2.75, 3.05) is 20.3 Å². The second-order valence-corrected chi connectivity index (χ2v) is 4.60. The maximum atomic E-state index is 12.9. The summed E-state index contributed by atoms with van der Waals surface area (Å²) in [5, 5.41) is 15.5. The highest BCUT2D eigenvalue weighted by atomic mass is 19.1. The Morgan fingerprint density at radius 1 is 1.45 bits per heavy atom. The molecule has 0 radical (unpaired) electrons. The van der Waals surface area contributed by atoms with E-state index in [1.54, 1.807) is 21.0 Å². The van der Waals surface area contributed by atoms with Crippen molar-refractivity contribution < 1.29 is 19.0 Å². The van der Waals surface area contributed by atoms with Crippen molar-refractivity contribution in [3.05, 3.63) is 29.6 Å². The van der Waals surface area contributed by atoms with Gasteiger partial charge in [0, 0.05) is 31.3 Å². The van der Waals surface area contributed by atoms with Crippen LogP contribution in [0.2, 0.25) is 0 Å². The van der Waals surface area contributed by atoms with Crippen molar-refractivity contribution in [3.63, 3.8) is 0 Å². The minimum absolute atomic E-state index is 0.128. The minimum atomic E-state index is -0.496. The SMILES string of the molecule is COCCNC(=O)C(C)NC(C)c1ccc(F)cc1O. The maximum absolute atomic E-state index is 12.9. The minimum Gasteiger partial charge on any atom is -0.508 e. The first kappa shape index (κ1) is 16.4. The molecule has 1 aromatic carbocycles. The van der Waals surface area contributed by atoms with E-state index in [0.29, 0.717) is 18.7 Å². The third-order valence-corrected chi connectivity index (χ3v) is 2.96. The second kappa shape index (κ2) is 7.81. The molecule has 0 saturated carbocycles. The van der Waals surface area contributed by atoms with E-state index in [-0.39, 0.29) is 17.7 Å². The molecule has 0 bridgehead atoms. The van der Waals surface area contributed by atoms with Crippen LogP contribution >= 0.6 is 0 Å². The molecule has 2 atom stereocenters. The third-order valence-electron chi connectivity index (χ3n) is 2.96. The van der Waals surface area contributed by atoms with Crippen molar-refractivity contribution in [2.45, 2.75) is 25.9 Å². The number of rotatable bonds is 7. The summed E-state index contributed by atoms with van der Waals surface area (Å²) in [6.45, 7) is 4.41. The zero-order chi connectivity index (χ0) is 15.1. The predicted molar refractivity (Wildman–Crippen MR) is 74.0 cm³/mol. The number of aromatic hydroxyl groups is 1. The predicted octanol–water partition coefficient (Wildman–Crippen LogP) is 1.33. The highest BCUT2D eigenvalue weighted by molar-refractivity contribution is 5.81. The van der Waals surface area contributed by atoms with Gasteiger partial charge in [0.15, 0.2) is 0 Å². The van der Waals surface area contributed by atoms with Crippen LogP contribution in [-0.4, -0.2) is 37.3 Å². The Labute approximate surface area is 118 Å². The molecule has 2 unspecified atom stereocenters. The molecule has 112 valence electrons. The highest BCUT2D eigenvalue weighted by Gasteiger charge is 2.18. The summed E-state index contributed by atoms with van der Waals surface area (Å²) in [6.07, 6.45) is 0. The van der Waals surface area contributed by atoms with Crippen LogP contribution in [0.4, 0.5) is 4.39 Å². The fourth-order valence-corrected chi connectivity index (χ4v) is 1.85. The first-order valence-electron chi connectivity index (χ1n) is 6.46. The lowest BCUT2D eigenvalue weighted by Crippen LogP contribution is -2.44. The van der Waals surface area contributed by atoms with E-state index in [4.69, 9.17) is 4.74 Å². The fraction of sp³-hybridized carbons (Fsp3) is 0.500. The molecule has 0 spiro atoms. The molecule has 1 rings (SSSR count). The lowest BCUT2D eigenvalue weighted by molar-refractivity contribution is -0.123. The molecule has 0 aliphatic heterocycles. The number of nitrogens with one attached hydrogen (secondary N) is 2. The third kappa shape index (κ3) is 4.79. The van der Waals surface area contributed by atoms with Gasteiger partial charge in [0.25, 0.3) is 0 Å². The molecular weight excluding hydrogens is 263 g/mol. The summed E-state index contributed by atoms with van der Waals surface area (Å²) in [5.74, 6) is -0.781. The molecule has 0 aliphatic carbocycles. The molecule has 1 amide bonds. The number of phenolic OH excluding ortho intramolecular Hbond substituents is 1. The van der Waals surface area contributed by atoms with Gasteiger partial charge in [0.05, 0.1) is 12.6 Å². The van der Waals surface area contributed by atoms with Crippen LogP contribution in [0.25, 0.3) is 0 Å². The number of amides is 1. The summed E-state index contributed by atoms with van der Waals surface area (Å²) in [6, 6.07) is 3.11. The van der Waals surface area contributed by atoms with Gasteiger partial charge in [-0.3, -0.25) is 10.1 Å². The Morgan fingerprint density at radius 2 is 2.15 bits per heavy atom. The molecule has 0 aromatic heterocycles. The number of benzene rings is 1. The van der Waals surface area contributed by atoms with Gasteiger partial charge >= 0.3 is 0 Å². The number of ether oxygens (including phenoxy) is 1. The topological polar surface area (TPSA) is 70.6 Å². The highest BCUT2D eigenvalue weighted by Crippen LogP contribution is 2.24. The smallest absolute Gasteiger partial charge is 0.236 e. The van der Waals surface area contributed by atoms with Gasteiger partial charge < -0.3 is 15.2 Å². The van der Waals surface area contributed by atoms with Gasteiger partial charge in [-0.05, 0) is 19.9 Å². The summed E-state index contributed by atoms with van der Waals surface area (Å²) in [5.41, 5.74) is 0.544. The fourth-order valence-electron chi connectivity index (χ4n) is 1.85. The standard InChI is InChI=1S/C14H21FN2O3/c1-9(12-5-4-11(15)8-13(12)18)17-10(2)14(19)16-6-7-20-3/h4-5,8-10,17-18H,6-7H2,1-3H3,(H,16,19). The number of hydrogen-bond acceptors (Lipinski definition) is 4. The average molecular weight is 284 g/mol. The van der Waals surface area contributed by atoms with E-state index in [1.807, 2.05) is 0 Å². The van der Waals surface area contributed by atoms with Crippen molar-refractivity contribution >= 4 is 5.91 Å². The molecule has 0 aliphatic rings. The first-order valence-corrected chi connectivity index (χ1v) is 6.46. The Kier molecular flexibility index (Phi) is 6.41. The Morgan fingerprint density at radius 3 is 2.75 bits per heavy atom. The molecular formula is C14H21FN2O3. The number of phenols is 1. The number of methoxy groups -OCH3 is 1. The summed E-state index contributed by atoms with van der Waals surface area (Å²) < 4.78 is 17.8. The van der Waals surface area contributed by atoms with E-state index < -0.39 is 11.9 Å².